The molecule has 1 aromatic rings. The molecule has 0 amide bonds. The van der Waals surface area contributed by atoms with Crippen molar-refractivity contribution in [1.82, 2.24) is 14.6 Å². The minimum Gasteiger partial charge on any atom is -0.345 e. The summed E-state index contributed by atoms with van der Waals surface area (Å²) in [6, 6.07) is 0.238. The first-order valence-electron chi connectivity index (χ1n) is 6.24. The van der Waals surface area contributed by atoms with E-state index in [2.05, 4.69) is 27.5 Å². The van der Waals surface area contributed by atoms with E-state index in [1.165, 1.54) is 10.6 Å². The lowest BCUT2D eigenvalue weighted by Gasteiger charge is -2.33. The summed E-state index contributed by atoms with van der Waals surface area (Å²) in [5.74, 6) is 0. The highest BCUT2D eigenvalue weighted by molar-refractivity contribution is 7.88. The minimum atomic E-state index is -3.06. The number of piperazine rings is 1. The van der Waals surface area contributed by atoms with Crippen molar-refractivity contribution >= 4 is 26.5 Å². The molecule has 6 nitrogen and oxygen atoms in total. The predicted octanol–water partition coefficient (Wildman–Crippen LogP) is 0.505. The van der Waals surface area contributed by atoms with Crippen LogP contribution in [0.5, 0.6) is 0 Å². The number of anilines is 1. The van der Waals surface area contributed by atoms with Gasteiger partial charge in [-0.3, -0.25) is 0 Å². The number of thiazole rings is 1. The zero-order valence-corrected chi connectivity index (χ0v) is 13.1. The largest absolute Gasteiger partial charge is 0.345 e. The molecule has 1 fully saturated rings. The summed E-state index contributed by atoms with van der Waals surface area (Å²) in [6.45, 7) is 4.55. The lowest BCUT2D eigenvalue weighted by molar-refractivity contribution is 0.388. The van der Waals surface area contributed by atoms with E-state index >= 15 is 0 Å². The number of nitrogens with zero attached hydrogens (tertiary/aromatic N) is 3. The monoisotopic (exact) mass is 304 g/mol. The molecule has 19 heavy (non-hydrogen) atoms. The maximum Gasteiger partial charge on any atom is 0.211 e. The van der Waals surface area contributed by atoms with Crippen molar-refractivity contribution in [2.24, 2.45) is 0 Å². The maximum absolute atomic E-state index is 11.4. The maximum atomic E-state index is 11.4. The van der Waals surface area contributed by atoms with Gasteiger partial charge < -0.3 is 10.2 Å². The van der Waals surface area contributed by atoms with Gasteiger partial charge in [0.05, 0.1) is 11.9 Å². The van der Waals surface area contributed by atoms with E-state index in [-0.39, 0.29) is 6.04 Å². The van der Waals surface area contributed by atoms with Gasteiger partial charge in [-0.1, -0.05) is 0 Å². The van der Waals surface area contributed by atoms with Crippen molar-refractivity contribution in [3.8, 4) is 0 Å². The number of nitrogens with one attached hydrogen (secondary N) is 1. The number of hydrogen-bond donors (Lipinski definition) is 1. The van der Waals surface area contributed by atoms with Gasteiger partial charge in [-0.2, -0.15) is 4.31 Å². The highest BCUT2D eigenvalue weighted by Crippen LogP contribution is 2.25. The molecule has 1 N–H and O–H groups in total. The van der Waals surface area contributed by atoms with Crippen LogP contribution in [-0.2, 0) is 10.0 Å². The van der Waals surface area contributed by atoms with Crippen LogP contribution in [0.2, 0.25) is 0 Å². The van der Waals surface area contributed by atoms with E-state index in [1.54, 1.807) is 11.3 Å². The van der Waals surface area contributed by atoms with E-state index in [0.29, 0.717) is 26.2 Å². The Hall–Kier alpha value is -0.700. The molecule has 0 spiro atoms. The molecule has 0 aliphatic carbocycles. The molecular formula is C11H20N4O2S2. The SMILES string of the molecule is CNC(C)c1csc(N2CCN(S(C)(=O)=O)CC2)n1. The molecule has 108 valence electrons. The fraction of sp³-hybridized carbons (Fsp3) is 0.727. The molecule has 1 unspecified atom stereocenters. The number of rotatable bonds is 4. The molecule has 0 bridgehead atoms. The third-order valence-electron chi connectivity index (χ3n) is 3.36. The first-order chi connectivity index (χ1) is 8.91. The zero-order valence-electron chi connectivity index (χ0n) is 11.5. The summed E-state index contributed by atoms with van der Waals surface area (Å²) in [4.78, 5) is 6.76. The summed E-state index contributed by atoms with van der Waals surface area (Å²) in [5, 5.41) is 6.19. The first kappa shape index (κ1) is 14.7. The molecular weight excluding hydrogens is 284 g/mol. The third-order valence-corrected chi connectivity index (χ3v) is 5.59. The van der Waals surface area contributed by atoms with Crippen LogP contribution in [0.15, 0.2) is 5.38 Å². The van der Waals surface area contributed by atoms with Gasteiger partial charge in [0.2, 0.25) is 10.0 Å². The van der Waals surface area contributed by atoms with Gasteiger partial charge in [0.15, 0.2) is 5.13 Å². The van der Waals surface area contributed by atoms with Crippen molar-refractivity contribution < 1.29 is 8.42 Å². The van der Waals surface area contributed by atoms with Crippen LogP contribution in [0.25, 0.3) is 0 Å². The Bertz CT molecular complexity index is 521. The second-order valence-corrected chi connectivity index (χ2v) is 7.53. The van der Waals surface area contributed by atoms with Gasteiger partial charge >= 0.3 is 0 Å². The minimum absolute atomic E-state index is 0.238. The molecule has 1 aromatic heterocycles. The Labute approximate surface area is 118 Å². The number of sulfonamides is 1. The standard InChI is InChI=1S/C11H20N4O2S2/c1-9(12-2)10-8-18-11(13-10)14-4-6-15(7-5-14)19(3,16)17/h8-9,12H,4-7H2,1-3H3. The second kappa shape index (κ2) is 5.74. The Morgan fingerprint density at radius 2 is 2.00 bits per heavy atom. The van der Waals surface area contributed by atoms with Gasteiger partial charge in [-0.15, -0.1) is 11.3 Å². The summed E-state index contributed by atoms with van der Waals surface area (Å²) in [6.07, 6.45) is 1.26. The van der Waals surface area contributed by atoms with Gasteiger partial charge in [0.1, 0.15) is 0 Å². The summed E-state index contributed by atoms with van der Waals surface area (Å²) >= 11 is 1.62. The molecule has 1 saturated heterocycles. The fourth-order valence-corrected chi connectivity index (χ4v) is 3.78. The molecule has 1 aliphatic heterocycles. The number of aromatic nitrogens is 1. The lowest BCUT2D eigenvalue weighted by atomic mass is 10.3. The van der Waals surface area contributed by atoms with E-state index in [4.69, 9.17) is 0 Å². The number of hydrogen-bond acceptors (Lipinski definition) is 6. The van der Waals surface area contributed by atoms with Crippen LogP contribution in [0.1, 0.15) is 18.7 Å². The van der Waals surface area contributed by atoms with Crippen molar-refractivity contribution in [1.29, 1.82) is 0 Å². The molecule has 2 rings (SSSR count). The average molecular weight is 304 g/mol. The Balaban J connectivity index is 2.00. The highest BCUT2D eigenvalue weighted by atomic mass is 32.2. The molecule has 1 atom stereocenters. The van der Waals surface area contributed by atoms with E-state index < -0.39 is 10.0 Å². The Kier molecular flexibility index (Phi) is 4.44. The lowest BCUT2D eigenvalue weighted by Crippen LogP contribution is -2.48. The van der Waals surface area contributed by atoms with E-state index in [9.17, 15) is 8.42 Å². The van der Waals surface area contributed by atoms with E-state index in [0.717, 1.165) is 10.8 Å². The summed E-state index contributed by atoms with van der Waals surface area (Å²) in [5.41, 5.74) is 1.04. The quantitative estimate of drug-likeness (QED) is 0.878. The topological polar surface area (TPSA) is 65.5 Å². The molecule has 0 radical (unpaired) electrons. The average Bonchev–Trinajstić information content (AvgIpc) is 2.86. The molecule has 0 saturated carbocycles. The summed E-state index contributed by atoms with van der Waals surface area (Å²) in [7, 11) is -1.15. The molecule has 1 aliphatic rings. The third kappa shape index (κ3) is 3.44. The van der Waals surface area contributed by atoms with Crippen molar-refractivity contribution in [2.45, 2.75) is 13.0 Å². The molecule has 0 aromatic carbocycles. The van der Waals surface area contributed by atoms with Crippen LogP contribution < -0.4 is 10.2 Å². The fourth-order valence-electron chi connectivity index (χ4n) is 1.98. The van der Waals surface area contributed by atoms with Gasteiger partial charge in [0.25, 0.3) is 0 Å². The predicted molar refractivity (Wildman–Crippen MR) is 78.2 cm³/mol. The second-order valence-electron chi connectivity index (χ2n) is 4.71. The van der Waals surface area contributed by atoms with Gasteiger partial charge in [-0.05, 0) is 14.0 Å². The van der Waals surface area contributed by atoms with Crippen LogP contribution >= 0.6 is 11.3 Å². The van der Waals surface area contributed by atoms with Crippen molar-refractivity contribution in [3.63, 3.8) is 0 Å². The Morgan fingerprint density at radius 3 is 2.53 bits per heavy atom. The van der Waals surface area contributed by atoms with Crippen LogP contribution in [0.3, 0.4) is 0 Å². The van der Waals surface area contributed by atoms with E-state index in [1.807, 2.05) is 7.05 Å². The van der Waals surface area contributed by atoms with Gasteiger partial charge in [0, 0.05) is 37.6 Å². The van der Waals surface area contributed by atoms with Gasteiger partial charge in [-0.25, -0.2) is 13.4 Å². The summed E-state index contributed by atoms with van der Waals surface area (Å²) < 4.78 is 24.4. The van der Waals surface area contributed by atoms with Crippen LogP contribution in [-0.4, -0.2) is 57.2 Å². The first-order valence-corrected chi connectivity index (χ1v) is 8.97. The molecule has 2 heterocycles. The Morgan fingerprint density at radius 1 is 1.37 bits per heavy atom. The molecule has 8 heteroatoms. The smallest absolute Gasteiger partial charge is 0.211 e. The van der Waals surface area contributed by atoms with Crippen molar-refractivity contribution in [2.75, 3.05) is 44.4 Å². The van der Waals surface area contributed by atoms with Crippen LogP contribution in [0.4, 0.5) is 5.13 Å². The zero-order chi connectivity index (χ0) is 14.0. The van der Waals surface area contributed by atoms with Crippen LogP contribution in [0, 0.1) is 0 Å². The normalized spacial score (nSPS) is 19.6. The van der Waals surface area contributed by atoms with Crippen molar-refractivity contribution in [3.05, 3.63) is 11.1 Å². The highest BCUT2D eigenvalue weighted by Gasteiger charge is 2.25.